The van der Waals surface area contributed by atoms with Crippen molar-refractivity contribution in [3.8, 4) is 0 Å². The standard InChI is InChI=1S/C12H14N2.BrH/c1-13-9-10-14(11-13)8-7-12-5-3-2-4-6-12;/h2-10H,11H2,1H3;1H. The third-order valence-electron chi connectivity index (χ3n) is 2.16. The van der Waals surface area contributed by atoms with Gasteiger partial charge in [0.1, 0.15) is 0 Å². The van der Waals surface area contributed by atoms with Gasteiger partial charge in [0.05, 0.1) is 6.67 Å². The molecule has 0 N–H and O–H groups in total. The lowest BCUT2D eigenvalue weighted by atomic mass is 10.2. The van der Waals surface area contributed by atoms with Crippen LogP contribution in [0.15, 0.2) is 48.9 Å². The molecule has 2 nitrogen and oxygen atoms in total. The number of nitrogens with zero attached hydrogens (tertiary/aromatic N) is 2. The van der Waals surface area contributed by atoms with Gasteiger partial charge in [-0.1, -0.05) is 30.3 Å². The van der Waals surface area contributed by atoms with Gasteiger partial charge in [-0.2, -0.15) is 0 Å². The molecular weight excluding hydrogens is 252 g/mol. The van der Waals surface area contributed by atoms with Crippen LogP contribution in [-0.2, 0) is 0 Å². The fourth-order valence-electron chi connectivity index (χ4n) is 1.39. The average Bonchev–Trinajstić information content (AvgIpc) is 2.63. The van der Waals surface area contributed by atoms with E-state index in [1.807, 2.05) is 18.2 Å². The zero-order chi connectivity index (χ0) is 9.80. The van der Waals surface area contributed by atoms with Gasteiger partial charge < -0.3 is 9.80 Å². The first-order valence-corrected chi connectivity index (χ1v) is 4.72. The minimum Gasteiger partial charge on any atom is -0.361 e. The summed E-state index contributed by atoms with van der Waals surface area (Å²) in [4.78, 5) is 4.28. The number of rotatable bonds is 2. The van der Waals surface area contributed by atoms with E-state index in [0.717, 1.165) is 6.67 Å². The molecule has 1 aromatic carbocycles. The van der Waals surface area contributed by atoms with Gasteiger partial charge in [-0.15, -0.1) is 17.0 Å². The van der Waals surface area contributed by atoms with Crippen molar-refractivity contribution in [2.24, 2.45) is 0 Å². The first-order valence-electron chi connectivity index (χ1n) is 4.72. The molecule has 0 amide bonds. The molecule has 0 radical (unpaired) electrons. The number of halogens is 1. The molecule has 80 valence electrons. The Morgan fingerprint density at radius 1 is 1.13 bits per heavy atom. The smallest absolute Gasteiger partial charge is 0.0933 e. The molecule has 15 heavy (non-hydrogen) atoms. The van der Waals surface area contributed by atoms with Crippen molar-refractivity contribution in [3.63, 3.8) is 0 Å². The molecule has 2 rings (SSSR count). The van der Waals surface area contributed by atoms with E-state index in [4.69, 9.17) is 0 Å². The van der Waals surface area contributed by atoms with Crippen LogP contribution in [0.1, 0.15) is 5.56 Å². The van der Waals surface area contributed by atoms with E-state index < -0.39 is 0 Å². The van der Waals surface area contributed by atoms with Crippen LogP contribution >= 0.6 is 17.0 Å². The molecule has 0 saturated carbocycles. The van der Waals surface area contributed by atoms with Crippen molar-refractivity contribution in [3.05, 3.63) is 54.5 Å². The summed E-state index contributed by atoms with van der Waals surface area (Å²) in [5.41, 5.74) is 1.23. The minimum absolute atomic E-state index is 0. The Labute approximate surface area is 101 Å². The number of hydrogen-bond donors (Lipinski definition) is 0. The topological polar surface area (TPSA) is 6.48 Å². The van der Waals surface area contributed by atoms with Gasteiger partial charge in [-0.05, 0) is 11.6 Å². The van der Waals surface area contributed by atoms with Gasteiger partial charge in [-0.3, -0.25) is 0 Å². The Balaban J connectivity index is 0.00000112. The molecular formula is C12H15BrN2. The maximum absolute atomic E-state index is 2.15. The first-order chi connectivity index (χ1) is 6.84. The van der Waals surface area contributed by atoms with Gasteiger partial charge in [0, 0.05) is 25.6 Å². The highest BCUT2D eigenvalue weighted by Gasteiger charge is 2.03. The fraction of sp³-hybridized carbons (Fsp3) is 0.167. The van der Waals surface area contributed by atoms with Crippen molar-refractivity contribution < 1.29 is 0 Å². The number of hydrogen-bond acceptors (Lipinski definition) is 2. The Bertz CT molecular complexity index is 346. The fourth-order valence-corrected chi connectivity index (χ4v) is 1.39. The molecule has 0 fully saturated rings. The molecule has 3 heteroatoms. The minimum atomic E-state index is 0. The lowest BCUT2D eigenvalue weighted by Gasteiger charge is -2.12. The predicted octanol–water partition coefficient (Wildman–Crippen LogP) is 2.91. The van der Waals surface area contributed by atoms with E-state index in [1.54, 1.807) is 0 Å². The Kier molecular flexibility index (Phi) is 4.43. The van der Waals surface area contributed by atoms with Crippen molar-refractivity contribution in [1.82, 2.24) is 9.80 Å². The highest BCUT2D eigenvalue weighted by molar-refractivity contribution is 8.93. The van der Waals surface area contributed by atoms with E-state index in [-0.39, 0.29) is 17.0 Å². The van der Waals surface area contributed by atoms with Crippen LogP contribution in [0.3, 0.4) is 0 Å². The van der Waals surface area contributed by atoms with Crippen LogP contribution in [0.4, 0.5) is 0 Å². The van der Waals surface area contributed by atoms with Crippen LogP contribution in [0.2, 0.25) is 0 Å². The maximum atomic E-state index is 2.15. The molecule has 0 aromatic heterocycles. The molecule has 0 bridgehead atoms. The highest BCUT2D eigenvalue weighted by Crippen LogP contribution is 2.07. The van der Waals surface area contributed by atoms with Crippen LogP contribution in [0.25, 0.3) is 6.08 Å². The summed E-state index contributed by atoms with van der Waals surface area (Å²) >= 11 is 0. The zero-order valence-electron chi connectivity index (χ0n) is 8.71. The Morgan fingerprint density at radius 2 is 1.87 bits per heavy atom. The second kappa shape index (κ2) is 5.61. The Morgan fingerprint density at radius 3 is 2.47 bits per heavy atom. The molecule has 1 aliphatic rings. The van der Waals surface area contributed by atoms with Crippen molar-refractivity contribution in [2.75, 3.05) is 13.7 Å². The lowest BCUT2D eigenvalue weighted by Crippen LogP contribution is -2.17. The monoisotopic (exact) mass is 266 g/mol. The summed E-state index contributed by atoms with van der Waals surface area (Å²) in [5, 5.41) is 0. The van der Waals surface area contributed by atoms with Crippen LogP contribution < -0.4 is 0 Å². The Hall–Kier alpha value is -1.22. The lowest BCUT2D eigenvalue weighted by molar-refractivity contribution is 0.365. The molecule has 0 unspecified atom stereocenters. The molecule has 0 atom stereocenters. The van der Waals surface area contributed by atoms with Gasteiger partial charge in [-0.25, -0.2) is 0 Å². The van der Waals surface area contributed by atoms with Crippen molar-refractivity contribution in [1.29, 1.82) is 0 Å². The summed E-state index contributed by atoms with van der Waals surface area (Å²) in [6.07, 6.45) is 8.34. The highest BCUT2D eigenvalue weighted by atomic mass is 79.9. The van der Waals surface area contributed by atoms with Crippen molar-refractivity contribution in [2.45, 2.75) is 0 Å². The van der Waals surface area contributed by atoms with Crippen LogP contribution in [-0.4, -0.2) is 23.5 Å². The molecule has 0 saturated heterocycles. The van der Waals surface area contributed by atoms with E-state index in [0.29, 0.717) is 0 Å². The normalized spacial score (nSPS) is 14.7. The van der Waals surface area contributed by atoms with E-state index in [9.17, 15) is 0 Å². The third kappa shape index (κ3) is 3.44. The SMILES string of the molecule is Br.CN1C=CN(C=Cc2ccccc2)C1. The van der Waals surface area contributed by atoms with Crippen LogP contribution in [0, 0.1) is 0 Å². The molecule has 0 spiro atoms. The molecule has 1 aromatic rings. The summed E-state index contributed by atoms with van der Waals surface area (Å²) in [5.74, 6) is 0. The van der Waals surface area contributed by atoms with E-state index in [2.05, 4.69) is 53.7 Å². The van der Waals surface area contributed by atoms with E-state index in [1.165, 1.54) is 5.56 Å². The molecule has 0 aliphatic carbocycles. The second-order valence-corrected chi connectivity index (χ2v) is 3.44. The van der Waals surface area contributed by atoms with Crippen LogP contribution in [0.5, 0.6) is 0 Å². The summed E-state index contributed by atoms with van der Waals surface area (Å²) in [7, 11) is 2.06. The molecule has 1 aliphatic heterocycles. The predicted molar refractivity (Wildman–Crippen MR) is 69.4 cm³/mol. The quantitative estimate of drug-likeness (QED) is 0.813. The van der Waals surface area contributed by atoms with E-state index >= 15 is 0 Å². The van der Waals surface area contributed by atoms with Gasteiger partial charge >= 0.3 is 0 Å². The molecule has 1 heterocycles. The number of benzene rings is 1. The second-order valence-electron chi connectivity index (χ2n) is 3.44. The van der Waals surface area contributed by atoms with Gasteiger partial charge in [0.25, 0.3) is 0 Å². The maximum Gasteiger partial charge on any atom is 0.0933 e. The van der Waals surface area contributed by atoms with Crippen molar-refractivity contribution >= 4 is 23.1 Å². The summed E-state index contributed by atoms with van der Waals surface area (Å²) in [6, 6.07) is 10.3. The van der Waals surface area contributed by atoms with Gasteiger partial charge in [0.2, 0.25) is 0 Å². The third-order valence-corrected chi connectivity index (χ3v) is 2.16. The van der Waals surface area contributed by atoms with Gasteiger partial charge in [0.15, 0.2) is 0 Å². The first kappa shape index (κ1) is 11.9. The average molecular weight is 267 g/mol. The summed E-state index contributed by atoms with van der Waals surface area (Å²) in [6.45, 7) is 0.934. The largest absolute Gasteiger partial charge is 0.361 e. The summed E-state index contributed by atoms with van der Waals surface area (Å²) < 4.78 is 0. The zero-order valence-corrected chi connectivity index (χ0v) is 10.4.